The van der Waals surface area contributed by atoms with Gasteiger partial charge in [0.05, 0.1) is 0 Å². The fraction of sp³-hybridized carbons (Fsp3) is 0.281. The van der Waals surface area contributed by atoms with Crippen molar-refractivity contribution in [1.82, 2.24) is 9.97 Å². The van der Waals surface area contributed by atoms with E-state index in [9.17, 15) is 18.7 Å². The number of ketones is 1. The molecule has 0 atom stereocenters. The van der Waals surface area contributed by atoms with Crippen LogP contribution in [0.3, 0.4) is 0 Å². The van der Waals surface area contributed by atoms with Crippen LogP contribution in [0.5, 0.6) is 0 Å². The first-order chi connectivity index (χ1) is 30.1. The van der Waals surface area contributed by atoms with E-state index in [1.165, 1.54) is 29.3 Å². The molecule has 333 valence electrons. The number of benzene rings is 6. The van der Waals surface area contributed by atoms with Gasteiger partial charge >= 0.3 is 0 Å². The number of nitrogens with zero attached hydrogens (tertiary/aromatic N) is 2. The number of fused-ring (bicyclic) bond motifs is 6. The predicted octanol–water partition coefficient (Wildman–Crippen LogP) is 15.9. The van der Waals surface area contributed by atoms with Crippen molar-refractivity contribution in [2.24, 2.45) is 10.8 Å². The Kier molecular flexibility index (Phi) is 16.1. The van der Waals surface area contributed by atoms with Gasteiger partial charge in [0.1, 0.15) is 17.4 Å². The summed E-state index contributed by atoms with van der Waals surface area (Å²) in [6.07, 6.45) is 8.32. The predicted molar refractivity (Wildman–Crippen MR) is 259 cm³/mol. The molecule has 7 heteroatoms. The molecule has 0 fully saturated rings. The first-order valence-electron chi connectivity index (χ1n) is 22.0. The molecule has 4 nitrogen and oxygen atoms in total. The Morgan fingerprint density at radius 3 is 1.31 bits per heavy atom. The van der Waals surface area contributed by atoms with Gasteiger partial charge in [0.2, 0.25) is 0 Å². The van der Waals surface area contributed by atoms with Crippen LogP contribution < -0.4 is 0 Å². The number of hydrogen-bond acceptors (Lipinski definition) is 4. The van der Waals surface area contributed by atoms with Crippen molar-refractivity contribution in [3.8, 4) is 22.5 Å². The van der Waals surface area contributed by atoms with Crippen LogP contribution in [0.4, 0.5) is 8.78 Å². The molecule has 64 heavy (non-hydrogen) atoms. The number of aliphatic hydroxyl groups excluding tert-OH is 1. The molecule has 1 radical (unpaired) electrons. The van der Waals surface area contributed by atoms with E-state index in [1.807, 2.05) is 104 Å². The van der Waals surface area contributed by atoms with E-state index in [0.29, 0.717) is 10.8 Å². The molecule has 6 aromatic carbocycles. The van der Waals surface area contributed by atoms with E-state index in [4.69, 9.17) is 0 Å². The van der Waals surface area contributed by atoms with E-state index in [-0.39, 0.29) is 54.1 Å². The summed E-state index contributed by atoms with van der Waals surface area (Å²) in [5, 5.41) is 17.3. The van der Waals surface area contributed by atoms with Crippen LogP contribution in [0, 0.1) is 62.3 Å². The molecule has 8 rings (SSSR count). The van der Waals surface area contributed by atoms with E-state index in [2.05, 4.69) is 60.2 Å². The summed E-state index contributed by atoms with van der Waals surface area (Å²) < 4.78 is 28.0. The minimum Gasteiger partial charge on any atom is -0.512 e. The molecule has 0 amide bonds. The van der Waals surface area contributed by atoms with Crippen molar-refractivity contribution >= 4 is 48.9 Å². The number of halogens is 2. The second-order valence-corrected chi connectivity index (χ2v) is 17.2. The number of hydrogen-bond donors (Lipinski definition) is 1. The SMILES string of the molecule is CCC(C)(CC)C(=O)/C=C(\O)C(C)(CC)CC.Cc1[c-]c(-c2nccc3c2ccc2c(F)cccc23)cc(C)c1.Cc1[c-]c(-c2nccc3c2ccc2c(F)cccc23)cc(C)c1.[Ir]. The number of allylic oxidation sites excluding steroid dienone is 2. The molecule has 0 saturated carbocycles. The maximum absolute atomic E-state index is 14.0. The first kappa shape index (κ1) is 49.4. The van der Waals surface area contributed by atoms with Gasteiger partial charge in [-0.25, -0.2) is 8.78 Å². The van der Waals surface area contributed by atoms with Gasteiger partial charge in [-0.05, 0) is 93.7 Å². The number of aromatic nitrogens is 2. The zero-order valence-corrected chi connectivity index (χ0v) is 41.0. The van der Waals surface area contributed by atoms with Crippen molar-refractivity contribution in [2.45, 2.75) is 94.9 Å². The molecule has 0 aliphatic heterocycles. The number of pyridine rings is 2. The van der Waals surface area contributed by atoms with E-state index in [0.717, 1.165) is 91.6 Å². The zero-order chi connectivity index (χ0) is 45.6. The largest absolute Gasteiger partial charge is 0.512 e. The molecule has 0 spiro atoms. The molecular formula is C57H58F2IrN2O2-2. The average Bonchev–Trinajstić information content (AvgIpc) is 3.27. The zero-order valence-electron chi connectivity index (χ0n) is 38.6. The van der Waals surface area contributed by atoms with Crippen LogP contribution in [-0.4, -0.2) is 20.9 Å². The number of rotatable bonds is 9. The van der Waals surface area contributed by atoms with Gasteiger partial charge in [0.15, 0.2) is 5.78 Å². The molecule has 0 saturated heterocycles. The molecule has 0 unspecified atom stereocenters. The summed E-state index contributed by atoms with van der Waals surface area (Å²) in [7, 11) is 0. The Hall–Kier alpha value is -5.62. The molecular weight excluding hydrogens is 975 g/mol. The number of carbonyl (C=O) groups is 1. The van der Waals surface area contributed by atoms with Crippen molar-refractivity contribution in [1.29, 1.82) is 0 Å². The fourth-order valence-electron chi connectivity index (χ4n) is 8.13. The van der Waals surface area contributed by atoms with Gasteiger partial charge in [-0.15, -0.1) is 69.8 Å². The number of carbonyl (C=O) groups excluding carboxylic acids is 1. The van der Waals surface area contributed by atoms with Gasteiger partial charge < -0.3 is 15.1 Å². The van der Waals surface area contributed by atoms with Crippen LogP contribution in [0.15, 0.2) is 121 Å². The van der Waals surface area contributed by atoms with Crippen LogP contribution in [0.25, 0.3) is 65.6 Å². The summed E-state index contributed by atoms with van der Waals surface area (Å²) in [6, 6.07) is 37.0. The van der Waals surface area contributed by atoms with Crippen LogP contribution in [0.2, 0.25) is 0 Å². The summed E-state index contributed by atoms with van der Waals surface area (Å²) in [6.45, 7) is 20.3. The number of aryl methyl sites for hydroxylation is 4. The van der Waals surface area contributed by atoms with Crippen molar-refractivity contribution < 1.29 is 38.8 Å². The van der Waals surface area contributed by atoms with Gasteiger partial charge in [-0.1, -0.05) is 118 Å². The second kappa shape index (κ2) is 20.9. The third-order valence-corrected chi connectivity index (χ3v) is 12.9. The molecule has 0 bridgehead atoms. The summed E-state index contributed by atoms with van der Waals surface area (Å²) in [5.41, 5.74) is 7.67. The third-order valence-electron chi connectivity index (χ3n) is 12.9. The second-order valence-electron chi connectivity index (χ2n) is 17.2. The summed E-state index contributed by atoms with van der Waals surface area (Å²) in [4.78, 5) is 21.3. The maximum Gasteiger partial charge on any atom is 0.164 e. The van der Waals surface area contributed by atoms with Crippen molar-refractivity contribution in [3.05, 3.63) is 167 Å². The minimum absolute atomic E-state index is 0. The minimum atomic E-state index is -0.337. The average molecular weight is 1030 g/mol. The Morgan fingerprint density at radius 2 is 0.938 bits per heavy atom. The molecule has 8 aromatic rings. The Bertz CT molecular complexity index is 2770. The molecule has 2 heterocycles. The van der Waals surface area contributed by atoms with Crippen LogP contribution in [0.1, 0.15) is 89.5 Å². The topological polar surface area (TPSA) is 63.1 Å². The Balaban J connectivity index is 0.000000182. The smallest absolute Gasteiger partial charge is 0.164 e. The van der Waals surface area contributed by atoms with E-state index >= 15 is 0 Å². The maximum atomic E-state index is 14.0. The molecule has 2 aromatic heterocycles. The molecule has 1 N–H and O–H groups in total. The monoisotopic (exact) mass is 1030 g/mol. The quantitative estimate of drug-likeness (QED) is 0.0677. The number of aliphatic hydroxyl groups is 1. The first-order valence-corrected chi connectivity index (χ1v) is 22.0. The van der Waals surface area contributed by atoms with Gasteiger partial charge in [0.25, 0.3) is 0 Å². The van der Waals surface area contributed by atoms with E-state index in [1.54, 1.807) is 24.5 Å². The van der Waals surface area contributed by atoms with Crippen molar-refractivity contribution in [3.63, 3.8) is 0 Å². The van der Waals surface area contributed by atoms with Gasteiger partial charge in [-0.2, -0.15) is 0 Å². The van der Waals surface area contributed by atoms with E-state index < -0.39 is 0 Å². The third kappa shape index (κ3) is 10.5. The van der Waals surface area contributed by atoms with Crippen LogP contribution in [-0.2, 0) is 24.9 Å². The van der Waals surface area contributed by atoms with Gasteiger partial charge in [-0.3, -0.25) is 4.79 Å². The molecule has 0 aliphatic rings. The fourth-order valence-corrected chi connectivity index (χ4v) is 8.13. The Labute approximate surface area is 391 Å². The van der Waals surface area contributed by atoms with Gasteiger partial charge in [0, 0.05) is 60.2 Å². The molecule has 0 aliphatic carbocycles. The Morgan fingerprint density at radius 1 is 0.562 bits per heavy atom. The normalized spacial score (nSPS) is 11.8. The standard InChI is InChI=1S/2C21H15FN.C15H28O2.Ir/c2*1-13-10-14(2)12-15(11-13)21-19-7-6-18-16(4-3-5-20(18)22)17(19)8-9-23-21;1-7-14(5,8-2)12(16)11-13(17)15(6,9-3)10-4;/h2*3-11H,1-2H3;11,16H,7-10H2,1-6H3;/q2*-1;;/b;;12-11-;. The van der Waals surface area contributed by atoms with Crippen LogP contribution >= 0.6 is 0 Å². The summed E-state index contributed by atoms with van der Waals surface area (Å²) in [5.74, 6) is -0.102. The summed E-state index contributed by atoms with van der Waals surface area (Å²) >= 11 is 0. The van der Waals surface area contributed by atoms with Crippen molar-refractivity contribution in [2.75, 3.05) is 0 Å².